The fourth-order valence-electron chi connectivity index (χ4n) is 1.48. The van der Waals surface area contributed by atoms with E-state index in [0.29, 0.717) is 19.0 Å². The van der Waals surface area contributed by atoms with Crippen LogP contribution in [0.1, 0.15) is 34.6 Å². The predicted molar refractivity (Wildman–Crippen MR) is 60.7 cm³/mol. The zero-order valence-electron chi connectivity index (χ0n) is 10.2. The van der Waals surface area contributed by atoms with Crippen molar-refractivity contribution in [3.63, 3.8) is 0 Å². The van der Waals surface area contributed by atoms with Crippen LogP contribution in [0.15, 0.2) is 0 Å². The van der Waals surface area contributed by atoms with Crippen molar-refractivity contribution in [2.45, 2.75) is 34.6 Å². The van der Waals surface area contributed by atoms with Gasteiger partial charge in [-0.05, 0) is 11.3 Å². The Morgan fingerprint density at radius 2 is 1.71 bits per heavy atom. The maximum absolute atomic E-state index is 11.2. The van der Waals surface area contributed by atoms with Crippen molar-refractivity contribution in [2.75, 3.05) is 19.3 Å². The van der Waals surface area contributed by atoms with Crippen molar-refractivity contribution in [1.29, 1.82) is 0 Å². The highest BCUT2D eigenvalue weighted by Crippen LogP contribution is 2.35. The van der Waals surface area contributed by atoms with Crippen LogP contribution in [0.5, 0.6) is 0 Å². The number of hydrogen-bond donors (Lipinski definition) is 0. The third kappa shape index (κ3) is 3.24. The van der Waals surface area contributed by atoms with Gasteiger partial charge in [-0.2, -0.15) is 0 Å². The second-order valence-electron chi connectivity index (χ2n) is 4.45. The van der Waals surface area contributed by atoms with E-state index in [1.54, 1.807) is 4.31 Å². The highest BCUT2D eigenvalue weighted by Gasteiger charge is 2.39. The zero-order valence-corrected chi connectivity index (χ0v) is 11.0. The van der Waals surface area contributed by atoms with Crippen molar-refractivity contribution >= 4 is 10.0 Å². The van der Waals surface area contributed by atoms with Crippen LogP contribution in [-0.2, 0) is 10.0 Å². The fourth-order valence-corrected chi connectivity index (χ4v) is 2.54. The first-order valence-electron chi connectivity index (χ1n) is 5.18. The minimum absolute atomic E-state index is 0.128. The third-order valence-electron chi connectivity index (χ3n) is 2.86. The maximum atomic E-state index is 11.2. The van der Waals surface area contributed by atoms with Crippen LogP contribution in [0.4, 0.5) is 0 Å². The highest BCUT2D eigenvalue weighted by atomic mass is 32.2. The van der Waals surface area contributed by atoms with E-state index in [0.717, 1.165) is 0 Å². The van der Waals surface area contributed by atoms with E-state index in [-0.39, 0.29) is 5.41 Å². The molecule has 3 nitrogen and oxygen atoms in total. The van der Waals surface area contributed by atoms with Crippen LogP contribution < -0.4 is 0 Å². The van der Waals surface area contributed by atoms with E-state index in [9.17, 15) is 8.42 Å². The number of hydrogen-bond acceptors (Lipinski definition) is 2. The van der Waals surface area contributed by atoms with Gasteiger partial charge in [-0.15, -0.1) is 0 Å². The molecule has 0 aromatic carbocycles. The maximum Gasteiger partial charge on any atom is 0.211 e. The van der Waals surface area contributed by atoms with Gasteiger partial charge in [0.1, 0.15) is 0 Å². The van der Waals surface area contributed by atoms with Crippen LogP contribution in [0.3, 0.4) is 0 Å². The van der Waals surface area contributed by atoms with Gasteiger partial charge < -0.3 is 0 Å². The Morgan fingerprint density at radius 3 is 1.86 bits per heavy atom. The van der Waals surface area contributed by atoms with E-state index in [4.69, 9.17) is 0 Å². The molecular weight excluding hydrogens is 198 g/mol. The summed E-state index contributed by atoms with van der Waals surface area (Å²) in [4.78, 5) is 0. The van der Waals surface area contributed by atoms with Gasteiger partial charge in [0.15, 0.2) is 0 Å². The average Bonchev–Trinajstić information content (AvgIpc) is 2.30. The van der Waals surface area contributed by atoms with E-state index < -0.39 is 10.0 Å². The molecule has 1 rings (SSSR count). The van der Waals surface area contributed by atoms with Crippen molar-refractivity contribution in [3.8, 4) is 0 Å². The molecule has 14 heavy (non-hydrogen) atoms. The predicted octanol–water partition coefficient (Wildman–Crippen LogP) is 1.95. The third-order valence-corrected chi connectivity index (χ3v) is 4.08. The molecule has 0 spiro atoms. The topological polar surface area (TPSA) is 37.4 Å². The Hall–Kier alpha value is -0.0900. The Morgan fingerprint density at radius 1 is 1.29 bits per heavy atom. The molecule has 0 aliphatic carbocycles. The molecule has 1 aliphatic heterocycles. The Labute approximate surface area is 88.5 Å². The number of sulfonamides is 1. The Kier molecular flexibility index (Phi) is 4.59. The van der Waals surface area contributed by atoms with Gasteiger partial charge in [0.2, 0.25) is 10.0 Å². The molecule has 0 N–H and O–H groups in total. The summed E-state index contributed by atoms with van der Waals surface area (Å²) in [5.41, 5.74) is 0.128. The lowest BCUT2D eigenvalue weighted by Gasteiger charge is -2.21. The average molecular weight is 221 g/mol. The Bertz CT molecular complexity index is 270. The SMILES string of the molecule is CC.C[C@@H]1CN(S(C)(=O)=O)CC1(C)C. The molecule has 86 valence electrons. The first-order valence-corrected chi connectivity index (χ1v) is 7.03. The quantitative estimate of drug-likeness (QED) is 0.678. The molecule has 0 unspecified atom stereocenters. The fraction of sp³-hybridized carbons (Fsp3) is 1.00. The molecule has 1 fully saturated rings. The first-order chi connectivity index (χ1) is 6.23. The summed E-state index contributed by atoms with van der Waals surface area (Å²) in [6, 6.07) is 0. The molecule has 0 amide bonds. The van der Waals surface area contributed by atoms with Gasteiger partial charge in [0, 0.05) is 13.1 Å². The highest BCUT2D eigenvalue weighted by molar-refractivity contribution is 7.88. The normalized spacial score (nSPS) is 26.9. The summed E-state index contributed by atoms with van der Waals surface area (Å²) in [7, 11) is -2.97. The molecule has 1 aliphatic rings. The Balaban J connectivity index is 0.000000791. The molecule has 4 heteroatoms. The van der Waals surface area contributed by atoms with Gasteiger partial charge in [0.05, 0.1) is 6.26 Å². The van der Waals surface area contributed by atoms with Gasteiger partial charge in [-0.1, -0.05) is 34.6 Å². The molecule has 0 radical (unpaired) electrons. The zero-order chi connectivity index (χ0) is 11.6. The molecular formula is C10H23NO2S. The molecule has 1 atom stereocenters. The van der Waals surface area contributed by atoms with E-state index in [1.807, 2.05) is 13.8 Å². The van der Waals surface area contributed by atoms with Crippen LogP contribution in [0.25, 0.3) is 0 Å². The summed E-state index contributed by atoms with van der Waals surface area (Å²) in [6.07, 6.45) is 1.28. The lowest BCUT2D eigenvalue weighted by atomic mass is 9.84. The van der Waals surface area contributed by atoms with Crippen LogP contribution in [-0.4, -0.2) is 32.1 Å². The standard InChI is InChI=1S/C8H17NO2S.C2H6/c1-7-5-9(12(4,10)11)6-8(7,2)3;1-2/h7H,5-6H2,1-4H3;1-2H3/t7-;/m1./s1. The van der Waals surface area contributed by atoms with Crippen molar-refractivity contribution in [3.05, 3.63) is 0 Å². The lowest BCUT2D eigenvalue weighted by Crippen LogP contribution is -2.29. The number of nitrogens with zero attached hydrogens (tertiary/aromatic N) is 1. The van der Waals surface area contributed by atoms with Gasteiger partial charge in [-0.3, -0.25) is 0 Å². The van der Waals surface area contributed by atoms with E-state index in [2.05, 4.69) is 20.8 Å². The first kappa shape index (κ1) is 13.9. The van der Waals surface area contributed by atoms with Crippen LogP contribution in [0, 0.1) is 11.3 Å². The van der Waals surface area contributed by atoms with E-state index >= 15 is 0 Å². The van der Waals surface area contributed by atoms with Crippen molar-refractivity contribution in [1.82, 2.24) is 4.31 Å². The van der Waals surface area contributed by atoms with Gasteiger partial charge >= 0.3 is 0 Å². The summed E-state index contributed by atoms with van der Waals surface area (Å²) < 4.78 is 24.0. The second kappa shape index (κ2) is 4.62. The monoisotopic (exact) mass is 221 g/mol. The summed E-state index contributed by atoms with van der Waals surface area (Å²) in [6.45, 7) is 11.7. The largest absolute Gasteiger partial charge is 0.213 e. The second-order valence-corrected chi connectivity index (χ2v) is 6.43. The van der Waals surface area contributed by atoms with E-state index in [1.165, 1.54) is 6.26 Å². The van der Waals surface area contributed by atoms with Crippen molar-refractivity contribution < 1.29 is 8.42 Å². The van der Waals surface area contributed by atoms with Gasteiger partial charge in [-0.25, -0.2) is 12.7 Å². The summed E-state index contributed by atoms with van der Waals surface area (Å²) >= 11 is 0. The van der Waals surface area contributed by atoms with Crippen molar-refractivity contribution in [2.24, 2.45) is 11.3 Å². The lowest BCUT2D eigenvalue weighted by molar-refractivity contribution is 0.306. The van der Waals surface area contributed by atoms with Gasteiger partial charge in [0.25, 0.3) is 0 Å². The molecule has 1 heterocycles. The number of rotatable bonds is 1. The minimum Gasteiger partial charge on any atom is -0.213 e. The minimum atomic E-state index is -2.97. The smallest absolute Gasteiger partial charge is 0.211 e. The molecule has 0 aromatic heterocycles. The molecule has 1 saturated heterocycles. The molecule has 0 bridgehead atoms. The van der Waals surface area contributed by atoms with Crippen LogP contribution >= 0.6 is 0 Å². The molecule has 0 aromatic rings. The van der Waals surface area contributed by atoms with Crippen LogP contribution in [0.2, 0.25) is 0 Å². The molecule has 0 saturated carbocycles. The summed E-state index contributed by atoms with van der Waals surface area (Å²) in [5, 5.41) is 0. The summed E-state index contributed by atoms with van der Waals surface area (Å²) in [5.74, 6) is 0.451.